The van der Waals surface area contributed by atoms with Crippen LogP contribution in [0.3, 0.4) is 0 Å². The Balaban J connectivity index is 1.48. The monoisotopic (exact) mass is 588 g/mol. The lowest BCUT2D eigenvalue weighted by Gasteiger charge is -2.19. The van der Waals surface area contributed by atoms with Crippen LogP contribution in [0.2, 0.25) is 5.02 Å². The van der Waals surface area contributed by atoms with Crippen molar-refractivity contribution in [2.24, 2.45) is 4.99 Å². The van der Waals surface area contributed by atoms with Gasteiger partial charge in [0.25, 0.3) is 0 Å². The number of hydrogen-bond donors (Lipinski definition) is 0. The molecule has 0 saturated carbocycles. The summed E-state index contributed by atoms with van der Waals surface area (Å²) >= 11 is 6.44. The van der Waals surface area contributed by atoms with Crippen molar-refractivity contribution in [1.82, 2.24) is 0 Å². The molecule has 0 amide bonds. The molecule has 0 bridgehead atoms. The van der Waals surface area contributed by atoms with E-state index in [4.69, 9.17) is 26.1 Å². The SMILES string of the molecule is N#C/C(=N\[C@H](Cc1ccccc1)c1ccc(Cl)cc1Cc1ccc(O[C@H]2CCOC2)cc1)c1ccc(C(F)(F)F)cc1. The van der Waals surface area contributed by atoms with Crippen molar-refractivity contribution < 1.29 is 22.6 Å². The molecule has 0 radical (unpaired) electrons. The lowest BCUT2D eigenvalue weighted by Crippen LogP contribution is -2.15. The fourth-order valence-corrected chi connectivity index (χ4v) is 5.15. The number of nitriles is 1. The van der Waals surface area contributed by atoms with Crippen LogP contribution in [0.25, 0.3) is 0 Å². The molecule has 0 aliphatic carbocycles. The van der Waals surface area contributed by atoms with Gasteiger partial charge in [-0.05, 0) is 71.5 Å². The lowest BCUT2D eigenvalue weighted by molar-refractivity contribution is -0.137. The van der Waals surface area contributed by atoms with Crippen molar-refractivity contribution in [3.63, 3.8) is 0 Å². The highest BCUT2D eigenvalue weighted by Crippen LogP contribution is 2.32. The molecular weight excluding hydrogens is 561 g/mol. The number of rotatable bonds is 9. The minimum absolute atomic E-state index is 0.0583. The quantitative estimate of drug-likeness (QED) is 0.184. The Morgan fingerprint density at radius 2 is 1.71 bits per heavy atom. The molecule has 0 N–H and O–H groups in total. The van der Waals surface area contributed by atoms with Gasteiger partial charge in [0.2, 0.25) is 0 Å². The Labute approximate surface area is 248 Å². The molecule has 8 heteroatoms. The van der Waals surface area contributed by atoms with Crippen LogP contribution in [-0.4, -0.2) is 25.0 Å². The predicted molar refractivity (Wildman–Crippen MR) is 157 cm³/mol. The normalized spacial score (nSPS) is 16.2. The first-order valence-corrected chi connectivity index (χ1v) is 14.0. The topological polar surface area (TPSA) is 54.6 Å². The van der Waals surface area contributed by atoms with Crippen molar-refractivity contribution in [1.29, 1.82) is 5.26 Å². The van der Waals surface area contributed by atoms with Crippen LogP contribution in [0.1, 0.15) is 45.8 Å². The molecule has 0 spiro atoms. The van der Waals surface area contributed by atoms with Gasteiger partial charge in [0.1, 0.15) is 23.6 Å². The summed E-state index contributed by atoms with van der Waals surface area (Å²) in [4.78, 5) is 4.82. The van der Waals surface area contributed by atoms with Gasteiger partial charge in [0.05, 0.1) is 24.8 Å². The Kier molecular flexibility index (Phi) is 9.26. The number of ether oxygens (including phenoxy) is 2. The van der Waals surface area contributed by atoms with E-state index in [1.807, 2.05) is 66.7 Å². The Hall–Kier alpha value is -4.12. The largest absolute Gasteiger partial charge is 0.488 e. The van der Waals surface area contributed by atoms with Crippen LogP contribution in [0.15, 0.2) is 102 Å². The minimum atomic E-state index is -4.47. The average Bonchev–Trinajstić information content (AvgIpc) is 3.50. The van der Waals surface area contributed by atoms with Crippen molar-refractivity contribution >= 4 is 17.3 Å². The molecule has 4 aromatic rings. The summed E-state index contributed by atoms with van der Waals surface area (Å²) in [5.74, 6) is 0.780. The van der Waals surface area contributed by atoms with Gasteiger partial charge in [0, 0.05) is 17.0 Å². The van der Waals surface area contributed by atoms with E-state index in [1.165, 1.54) is 12.1 Å². The summed E-state index contributed by atoms with van der Waals surface area (Å²) in [5.41, 5.74) is 3.47. The van der Waals surface area contributed by atoms with Crippen LogP contribution < -0.4 is 4.74 Å². The van der Waals surface area contributed by atoms with E-state index in [2.05, 4.69) is 6.07 Å². The van der Waals surface area contributed by atoms with Crippen LogP contribution in [-0.2, 0) is 23.8 Å². The van der Waals surface area contributed by atoms with Crippen molar-refractivity contribution in [3.8, 4) is 11.8 Å². The second-order valence-electron chi connectivity index (χ2n) is 10.1. The van der Waals surface area contributed by atoms with Gasteiger partial charge in [-0.3, -0.25) is 4.99 Å². The second-order valence-corrected chi connectivity index (χ2v) is 10.6. The summed E-state index contributed by atoms with van der Waals surface area (Å²) in [5, 5.41) is 10.6. The van der Waals surface area contributed by atoms with Crippen LogP contribution in [0.4, 0.5) is 13.2 Å². The fraction of sp³-hybridized carbons (Fsp3) is 0.235. The van der Waals surface area contributed by atoms with Crippen LogP contribution >= 0.6 is 11.6 Å². The zero-order valence-corrected chi connectivity index (χ0v) is 23.4. The van der Waals surface area contributed by atoms with E-state index in [0.717, 1.165) is 46.6 Å². The Bertz CT molecular complexity index is 1560. The van der Waals surface area contributed by atoms with Gasteiger partial charge in [0.15, 0.2) is 0 Å². The summed E-state index contributed by atoms with van der Waals surface area (Å²) < 4.78 is 50.8. The summed E-state index contributed by atoms with van der Waals surface area (Å²) in [7, 11) is 0. The van der Waals surface area contributed by atoms with E-state index in [9.17, 15) is 18.4 Å². The van der Waals surface area contributed by atoms with E-state index in [1.54, 1.807) is 6.07 Å². The van der Waals surface area contributed by atoms with Crippen molar-refractivity contribution in [2.75, 3.05) is 13.2 Å². The maximum absolute atomic E-state index is 13.1. The number of aliphatic imine (C=N–C) groups is 1. The van der Waals surface area contributed by atoms with E-state index >= 15 is 0 Å². The van der Waals surface area contributed by atoms with Gasteiger partial charge in [-0.2, -0.15) is 18.4 Å². The molecule has 4 aromatic carbocycles. The third-order valence-electron chi connectivity index (χ3n) is 7.12. The molecule has 0 unspecified atom stereocenters. The summed E-state index contributed by atoms with van der Waals surface area (Å²) in [6, 6.07) is 29.4. The molecule has 42 heavy (non-hydrogen) atoms. The van der Waals surface area contributed by atoms with E-state index < -0.39 is 17.8 Å². The average molecular weight is 589 g/mol. The molecule has 1 aliphatic rings. The molecule has 214 valence electrons. The highest BCUT2D eigenvalue weighted by Gasteiger charge is 2.30. The third-order valence-corrected chi connectivity index (χ3v) is 7.36. The molecule has 1 fully saturated rings. The van der Waals surface area contributed by atoms with Crippen molar-refractivity contribution in [3.05, 3.63) is 135 Å². The zero-order valence-electron chi connectivity index (χ0n) is 22.7. The first-order chi connectivity index (χ1) is 20.3. The first kappa shape index (κ1) is 29.4. The maximum atomic E-state index is 13.1. The highest BCUT2D eigenvalue weighted by molar-refractivity contribution is 6.30. The third kappa shape index (κ3) is 7.58. The van der Waals surface area contributed by atoms with E-state index in [0.29, 0.717) is 36.6 Å². The Morgan fingerprint density at radius 3 is 2.36 bits per heavy atom. The molecule has 5 rings (SSSR count). The van der Waals surface area contributed by atoms with Crippen molar-refractivity contribution in [2.45, 2.75) is 37.6 Å². The molecule has 4 nitrogen and oxygen atoms in total. The van der Waals surface area contributed by atoms with Gasteiger partial charge < -0.3 is 9.47 Å². The Morgan fingerprint density at radius 1 is 0.976 bits per heavy atom. The standard InChI is InChI=1S/C34H28ClF3N2O2/c35-28-12-15-31(26(20-28)18-24-6-13-29(14-7-24)42-30-16-17-41-22-30)32(19-23-4-2-1-3-5-23)40-33(21-39)25-8-10-27(11-9-25)34(36,37)38/h1-15,20,30,32H,16-19,22H2/b40-33+/t30-,32+/m0/s1. The second kappa shape index (κ2) is 13.2. The molecule has 1 heterocycles. The number of alkyl halides is 3. The summed E-state index contributed by atoms with van der Waals surface area (Å²) in [6.07, 6.45) is -2.49. The molecule has 1 saturated heterocycles. The van der Waals surface area contributed by atoms with Gasteiger partial charge >= 0.3 is 6.18 Å². The smallest absolute Gasteiger partial charge is 0.416 e. The number of hydrogen-bond acceptors (Lipinski definition) is 4. The van der Waals surface area contributed by atoms with Gasteiger partial charge in [-0.15, -0.1) is 0 Å². The van der Waals surface area contributed by atoms with Crippen LogP contribution in [0.5, 0.6) is 5.75 Å². The molecule has 0 aromatic heterocycles. The molecule has 2 atom stereocenters. The fourth-order valence-electron chi connectivity index (χ4n) is 4.96. The maximum Gasteiger partial charge on any atom is 0.416 e. The predicted octanol–water partition coefficient (Wildman–Crippen LogP) is 8.41. The first-order valence-electron chi connectivity index (χ1n) is 13.6. The zero-order chi connectivity index (χ0) is 29.5. The number of halogens is 4. The molecular formula is C34H28ClF3N2O2. The highest BCUT2D eigenvalue weighted by atomic mass is 35.5. The summed E-state index contributed by atoms with van der Waals surface area (Å²) in [6.45, 7) is 1.30. The lowest BCUT2D eigenvalue weighted by atomic mass is 9.91. The van der Waals surface area contributed by atoms with Gasteiger partial charge in [-0.1, -0.05) is 72.3 Å². The number of nitrogens with zero attached hydrogens (tertiary/aromatic N) is 2. The molecule has 1 aliphatic heterocycles. The number of benzene rings is 4. The van der Waals surface area contributed by atoms with E-state index in [-0.39, 0.29) is 11.8 Å². The van der Waals surface area contributed by atoms with Crippen LogP contribution in [0, 0.1) is 11.3 Å². The van der Waals surface area contributed by atoms with Gasteiger partial charge in [-0.25, -0.2) is 0 Å². The minimum Gasteiger partial charge on any atom is -0.488 e.